The maximum absolute atomic E-state index is 10.9. The summed E-state index contributed by atoms with van der Waals surface area (Å²) in [7, 11) is 0. The summed E-state index contributed by atoms with van der Waals surface area (Å²) >= 11 is 0. The lowest BCUT2D eigenvalue weighted by molar-refractivity contribution is 0.0696. The van der Waals surface area contributed by atoms with Crippen LogP contribution < -0.4 is 4.74 Å². The Balaban J connectivity index is 2.18. The summed E-state index contributed by atoms with van der Waals surface area (Å²) in [5.41, 5.74) is 2.24. The molecule has 0 spiro atoms. The van der Waals surface area contributed by atoms with Gasteiger partial charge in [-0.3, -0.25) is 0 Å². The molecule has 2 aromatic rings. The number of ether oxygens (including phenoxy) is 1. The summed E-state index contributed by atoms with van der Waals surface area (Å²) in [6.07, 6.45) is 0.993. The Kier molecular flexibility index (Phi) is 3.85. The second-order valence-electron chi connectivity index (χ2n) is 4.38. The van der Waals surface area contributed by atoms with Crippen LogP contribution in [0.2, 0.25) is 0 Å². The van der Waals surface area contributed by atoms with Gasteiger partial charge in [-0.05, 0) is 54.8 Å². The molecule has 0 saturated carbocycles. The second kappa shape index (κ2) is 5.57. The van der Waals surface area contributed by atoms with Crippen LogP contribution in [0.5, 0.6) is 11.5 Å². The predicted octanol–water partition coefficient (Wildman–Crippen LogP) is 4.05. The monoisotopic (exact) mass is 256 g/mol. The van der Waals surface area contributed by atoms with Gasteiger partial charge in [-0.2, -0.15) is 0 Å². The Morgan fingerprint density at radius 3 is 2.26 bits per heavy atom. The third-order valence-corrected chi connectivity index (χ3v) is 3.00. The maximum atomic E-state index is 10.9. The molecule has 0 atom stereocenters. The van der Waals surface area contributed by atoms with Crippen LogP contribution in [0.25, 0.3) is 0 Å². The molecule has 98 valence electrons. The standard InChI is InChI=1S/C16H16O3/c1-3-12-4-6-13(7-5-12)19-14-8-9-15(16(17)18)11(2)10-14/h4-10H,3H2,1-2H3,(H,17,18). The molecule has 0 aliphatic rings. The minimum absolute atomic E-state index is 0.300. The number of rotatable bonds is 4. The number of carboxylic acid groups (broad SMARTS) is 1. The van der Waals surface area contributed by atoms with Crippen molar-refractivity contribution >= 4 is 5.97 Å². The van der Waals surface area contributed by atoms with Gasteiger partial charge in [0.2, 0.25) is 0 Å². The third-order valence-electron chi connectivity index (χ3n) is 3.00. The maximum Gasteiger partial charge on any atom is 0.335 e. The zero-order valence-corrected chi connectivity index (χ0v) is 11.0. The molecule has 1 N–H and O–H groups in total. The first-order chi connectivity index (χ1) is 9.10. The van der Waals surface area contributed by atoms with Gasteiger partial charge in [0, 0.05) is 0 Å². The van der Waals surface area contributed by atoms with Crippen LogP contribution >= 0.6 is 0 Å². The highest BCUT2D eigenvalue weighted by Gasteiger charge is 2.08. The first-order valence-electron chi connectivity index (χ1n) is 6.21. The van der Waals surface area contributed by atoms with Crippen molar-refractivity contribution in [1.29, 1.82) is 0 Å². The van der Waals surface area contributed by atoms with E-state index in [2.05, 4.69) is 6.92 Å². The second-order valence-corrected chi connectivity index (χ2v) is 4.38. The summed E-state index contributed by atoms with van der Waals surface area (Å²) in [5.74, 6) is 0.475. The van der Waals surface area contributed by atoms with Gasteiger partial charge in [0.15, 0.2) is 0 Å². The van der Waals surface area contributed by atoms with Gasteiger partial charge in [0.1, 0.15) is 11.5 Å². The lowest BCUT2D eigenvalue weighted by Gasteiger charge is -2.08. The van der Waals surface area contributed by atoms with Crippen molar-refractivity contribution in [3.63, 3.8) is 0 Å². The van der Waals surface area contributed by atoms with Crippen molar-refractivity contribution < 1.29 is 14.6 Å². The van der Waals surface area contributed by atoms with E-state index in [1.165, 1.54) is 5.56 Å². The lowest BCUT2D eigenvalue weighted by atomic mass is 10.1. The zero-order chi connectivity index (χ0) is 13.8. The molecule has 0 amide bonds. The van der Waals surface area contributed by atoms with Crippen LogP contribution in [-0.2, 0) is 6.42 Å². The Bertz CT molecular complexity index is 585. The smallest absolute Gasteiger partial charge is 0.335 e. The van der Waals surface area contributed by atoms with Crippen molar-refractivity contribution in [3.8, 4) is 11.5 Å². The Morgan fingerprint density at radius 1 is 1.11 bits per heavy atom. The van der Waals surface area contributed by atoms with Crippen LogP contribution in [0, 0.1) is 6.92 Å². The Morgan fingerprint density at radius 2 is 1.74 bits per heavy atom. The highest BCUT2D eigenvalue weighted by atomic mass is 16.5. The molecule has 0 bridgehead atoms. The highest BCUT2D eigenvalue weighted by Crippen LogP contribution is 2.24. The van der Waals surface area contributed by atoms with Gasteiger partial charge < -0.3 is 9.84 Å². The summed E-state index contributed by atoms with van der Waals surface area (Å²) in [4.78, 5) is 10.9. The van der Waals surface area contributed by atoms with Crippen molar-refractivity contribution in [2.45, 2.75) is 20.3 Å². The average Bonchev–Trinajstić information content (AvgIpc) is 2.39. The van der Waals surface area contributed by atoms with E-state index in [0.29, 0.717) is 16.9 Å². The van der Waals surface area contributed by atoms with Crippen molar-refractivity contribution in [2.75, 3.05) is 0 Å². The highest BCUT2D eigenvalue weighted by molar-refractivity contribution is 5.89. The predicted molar refractivity (Wildman–Crippen MR) is 74.0 cm³/mol. The number of aryl methyl sites for hydroxylation is 2. The minimum Gasteiger partial charge on any atom is -0.478 e. The molecule has 2 aromatic carbocycles. The molecule has 0 heterocycles. The van der Waals surface area contributed by atoms with E-state index < -0.39 is 5.97 Å². The topological polar surface area (TPSA) is 46.5 Å². The fourth-order valence-corrected chi connectivity index (χ4v) is 1.87. The molecule has 0 saturated heterocycles. The van der Waals surface area contributed by atoms with Crippen molar-refractivity contribution in [1.82, 2.24) is 0 Å². The minimum atomic E-state index is -0.920. The summed E-state index contributed by atoms with van der Waals surface area (Å²) in [6, 6.07) is 12.8. The van der Waals surface area contributed by atoms with Gasteiger partial charge in [0.25, 0.3) is 0 Å². The van der Waals surface area contributed by atoms with Gasteiger partial charge in [0.05, 0.1) is 5.56 Å². The fraction of sp³-hybridized carbons (Fsp3) is 0.188. The van der Waals surface area contributed by atoms with Crippen LogP contribution in [0.3, 0.4) is 0 Å². The number of carboxylic acids is 1. The van der Waals surface area contributed by atoms with E-state index in [4.69, 9.17) is 9.84 Å². The van der Waals surface area contributed by atoms with Crippen LogP contribution in [0.1, 0.15) is 28.4 Å². The molecule has 0 unspecified atom stereocenters. The SMILES string of the molecule is CCc1ccc(Oc2ccc(C(=O)O)c(C)c2)cc1. The van der Waals surface area contributed by atoms with E-state index in [9.17, 15) is 4.79 Å². The van der Waals surface area contributed by atoms with E-state index >= 15 is 0 Å². The van der Waals surface area contributed by atoms with E-state index in [1.807, 2.05) is 24.3 Å². The van der Waals surface area contributed by atoms with Crippen molar-refractivity contribution in [2.24, 2.45) is 0 Å². The lowest BCUT2D eigenvalue weighted by Crippen LogP contribution is -1.99. The number of benzene rings is 2. The molecular formula is C16H16O3. The molecule has 0 aromatic heterocycles. The van der Waals surface area contributed by atoms with E-state index in [0.717, 1.165) is 12.2 Å². The normalized spacial score (nSPS) is 10.2. The Labute approximate surface area is 112 Å². The van der Waals surface area contributed by atoms with Crippen LogP contribution in [0.4, 0.5) is 0 Å². The molecule has 3 nitrogen and oxygen atoms in total. The van der Waals surface area contributed by atoms with E-state index in [1.54, 1.807) is 25.1 Å². The number of aromatic carboxylic acids is 1. The molecule has 0 aliphatic carbocycles. The summed E-state index contributed by atoms with van der Waals surface area (Å²) in [5, 5.41) is 8.96. The Hall–Kier alpha value is -2.29. The quantitative estimate of drug-likeness (QED) is 0.897. The number of hydrogen-bond acceptors (Lipinski definition) is 2. The molecule has 2 rings (SSSR count). The largest absolute Gasteiger partial charge is 0.478 e. The van der Waals surface area contributed by atoms with Gasteiger partial charge in [-0.15, -0.1) is 0 Å². The fourth-order valence-electron chi connectivity index (χ4n) is 1.87. The van der Waals surface area contributed by atoms with Gasteiger partial charge in [-0.25, -0.2) is 4.79 Å². The molecular weight excluding hydrogens is 240 g/mol. The first kappa shape index (κ1) is 13.1. The average molecular weight is 256 g/mol. The number of hydrogen-bond donors (Lipinski definition) is 1. The molecule has 3 heteroatoms. The van der Waals surface area contributed by atoms with Crippen molar-refractivity contribution in [3.05, 3.63) is 59.2 Å². The van der Waals surface area contributed by atoms with Gasteiger partial charge in [-0.1, -0.05) is 19.1 Å². The summed E-state index contributed by atoms with van der Waals surface area (Å²) in [6.45, 7) is 3.86. The molecule has 0 fully saturated rings. The van der Waals surface area contributed by atoms with Gasteiger partial charge >= 0.3 is 5.97 Å². The molecule has 19 heavy (non-hydrogen) atoms. The first-order valence-corrected chi connectivity index (χ1v) is 6.21. The summed E-state index contributed by atoms with van der Waals surface area (Å²) < 4.78 is 5.70. The van der Waals surface area contributed by atoms with Crippen LogP contribution in [0.15, 0.2) is 42.5 Å². The molecule has 0 aliphatic heterocycles. The zero-order valence-electron chi connectivity index (χ0n) is 11.0. The van der Waals surface area contributed by atoms with Crippen LogP contribution in [-0.4, -0.2) is 11.1 Å². The van der Waals surface area contributed by atoms with E-state index in [-0.39, 0.29) is 0 Å². The number of carbonyl (C=O) groups is 1. The third kappa shape index (κ3) is 3.13. The molecule has 0 radical (unpaired) electrons.